The lowest BCUT2D eigenvalue weighted by atomic mass is 10.2. The number of fused-ring (bicyclic) bond motifs is 1. The van der Waals surface area contributed by atoms with E-state index in [4.69, 9.17) is 16.7 Å². The Labute approximate surface area is 172 Å². The highest BCUT2D eigenvalue weighted by Gasteiger charge is 2.08. The van der Waals surface area contributed by atoms with E-state index in [1.54, 1.807) is 18.3 Å². The van der Waals surface area contributed by atoms with Crippen molar-refractivity contribution < 1.29 is 9.90 Å². The monoisotopic (exact) mass is 403 g/mol. The number of hydrogen-bond acceptors (Lipinski definition) is 3. The third kappa shape index (κ3) is 4.15. The number of nitrogens with zero attached hydrogens (tertiary/aromatic N) is 2. The molecule has 1 aromatic heterocycles. The van der Waals surface area contributed by atoms with Gasteiger partial charge < -0.3 is 9.67 Å². The Hall–Kier alpha value is -3.57. The van der Waals surface area contributed by atoms with Crippen LogP contribution >= 0.6 is 11.6 Å². The van der Waals surface area contributed by atoms with Gasteiger partial charge in [0.15, 0.2) is 0 Å². The minimum Gasteiger partial charge on any atom is -0.478 e. The molecule has 0 saturated heterocycles. The molecule has 0 amide bonds. The van der Waals surface area contributed by atoms with Crippen LogP contribution in [0.15, 0.2) is 84.1 Å². The molecular formula is C23H18ClN3O2. The number of para-hydroxylation sites is 1. The lowest BCUT2D eigenvalue weighted by molar-refractivity contribution is 0.0697. The fourth-order valence-corrected chi connectivity index (χ4v) is 3.38. The van der Waals surface area contributed by atoms with E-state index in [1.165, 1.54) is 12.1 Å². The molecular weight excluding hydrogens is 386 g/mol. The number of carboxylic acids is 1. The van der Waals surface area contributed by atoms with Crippen LogP contribution in [0, 0.1) is 0 Å². The van der Waals surface area contributed by atoms with Crippen molar-refractivity contribution in [3.63, 3.8) is 0 Å². The highest BCUT2D eigenvalue weighted by atomic mass is 35.5. The van der Waals surface area contributed by atoms with E-state index in [-0.39, 0.29) is 5.56 Å². The zero-order valence-corrected chi connectivity index (χ0v) is 16.2. The molecule has 0 bridgehead atoms. The number of hydrazone groups is 1. The summed E-state index contributed by atoms with van der Waals surface area (Å²) in [7, 11) is 0. The largest absolute Gasteiger partial charge is 0.478 e. The number of nitrogens with one attached hydrogen (secondary N) is 1. The van der Waals surface area contributed by atoms with E-state index in [9.17, 15) is 4.79 Å². The van der Waals surface area contributed by atoms with Gasteiger partial charge in [0, 0.05) is 34.2 Å². The van der Waals surface area contributed by atoms with Crippen LogP contribution in [0.3, 0.4) is 0 Å². The van der Waals surface area contributed by atoms with E-state index in [0.717, 1.165) is 27.1 Å². The lowest BCUT2D eigenvalue weighted by Gasteiger charge is -2.07. The van der Waals surface area contributed by atoms with Crippen LogP contribution in [-0.2, 0) is 6.54 Å². The first-order chi connectivity index (χ1) is 14.1. The van der Waals surface area contributed by atoms with Crippen molar-refractivity contribution in [2.24, 2.45) is 5.10 Å². The Bertz CT molecular complexity index is 1200. The van der Waals surface area contributed by atoms with Crippen molar-refractivity contribution in [2.75, 3.05) is 5.43 Å². The second kappa shape index (κ2) is 8.20. The number of aromatic carboxylic acids is 1. The molecule has 0 atom stereocenters. The smallest absolute Gasteiger partial charge is 0.335 e. The van der Waals surface area contributed by atoms with Gasteiger partial charge in [0.2, 0.25) is 0 Å². The maximum absolute atomic E-state index is 10.9. The summed E-state index contributed by atoms with van der Waals surface area (Å²) in [6.45, 7) is 0.665. The number of carboxylic acid groups (broad SMARTS) is 1. The SMILES string of the molecule is O=C(O)c1ccc(N/N=C\c2cn(Cc3ccccc3Cl)c3ccccc23)cc1. The Kier molecular flexibility index (Phi) is 5.31. The highest BCUT2D eigenvalue weighted by molar-refractivity contribution is 6.31. The predicted octanol–water partition coefficient (Wildman–Crippen LogP) is 5.49. The van der Waals surface area contributed by atoms with Crippen LogP contribution in [0.2, 0.25) is 5.02 Å². The average Bonchev–Trinajstić information content (AvgIpc) is 3.08. The van der Waals surface area contributed by atoms with Gasteiger partial charge in [-0.25, -0.2) is 4.79 Å². The summed E-state index contributed by atoms with van der Waals surface area (Å²) >= 11 is 6.33. The summed E-state index contributed by atoms with van der Waals surface area (Å²) in [5.74, 6) is -0.952. The molecule has 0 radical (unpaired) electrons. The molecule has 4 rings (SSSR count). The summed E-state index contributed by atoms with van der Waals surface area (Å²) in [5, 5.41) is 15.1. The Morgan fingerprint density at radius 1 is 1.03 bits per heavy atom. The van der Waals surface area contributed by atoms with Gasteiger partial charge in [0.05, 0.1) is 17.5 Å². The maximum Gasteiger partial charge on any atom is 0.335 e. The molecule has 5 nitrogen and oxygen atoms in total. The minimum absolute atomic E-state index is 0.238. The van der Waals surface area contributed by atoms with Crippen LogP contribution in [0.25, 0.3) is 10.9 Å². The van der Waals surface area contributed by atoms with Gasteiger partial charge in [-0.1, -0.05) is 48.0 Å². The van der Waals surface area contributed by atoms with Crippen molar-refractivity contribution in [1.29, 1.82) is 0 Å². The zero-order chi connectivity index (χ0) is 20.2. The molecule has 29 heavy (non-hydrogen) atoms. The van der Waals surface area contributed by atoms with Gasteiger partial charge >= 0.3 is 5.97 Å². The molecule has 0 unspecified atom stereocenters. The van der Waals surface area contributed by atoms with Gasteiger partial charge in [-0.05, 0) is 42.0 Å². The Balaban J connectivity index is 1.58. The second-order valence-corrected chi connectivity index (χ2v) is 6.98. The van der Waals surface area contributed by atoms with E-state index in [0.29, 0.717) is 12.2 Å². The van der Waals surface area contributed by atoms with Crippen molar-refractivity contribution in [2.45, 2.75) is 6.54 Å². The molecule has 0 fully saturated rings. The van der Waals surface area contributed by atoms with Crippen LogP contribution < -0.4 is 5.43 Å². The molecule has 2 N–H and O–H groups in total. The van der Waals surface area contributed by atoms with Crippen molar-refractivity contribution >= 4 is 40.4 Å². The molecule has 0 saturated carbocycles. The first kappa shape index (κ1) is 18.8. The van der Waals surface area contributed by atoms with Crippen LogP contribution in [0.4, 0.5) is 5.69 Å². The standard InChI is InChI=1S/C23H18ClN3O2/c24-21-7-3-1-5-17(21)14-27-15-18(20-6-2-4-8-22(20)27)13-25-26-19-11-9-16(10-12-19)23(28)29/h1-13,15,26H,14H2,(H,28,29)/b25-13-. The summed E-state index contributed by atoms with van der Waals surface area (Å²) in [4.78, 5) is 10.9. The summed E-state index contributed by atoms with van der Waals surface area (Å²) in [5.41, 5.74) is 7.01. The Morgan fingerprint density at radius 3 is 2.52 bits per heavy atom. The first-order valence-electron chi connectivity index (χ1n) is 9.05. The fourth-order valence-electron chi connectivity index (χ4n) is 3.18. The number of anilines is 1. The van der Waals surface area contributed by atoms with E-state index in [2.05, 4.69) is 27.2 Å². The summed E-state index contributed by atoms with van der Waals surface area (Å²) in [6, 6.07) is 22.4. The third-order valence-electron chi connectivity index (χ3n) is 4.65. The van der Waals surface area contributed by atoms with Crippen LogP contribution in [0.1, 0.15) is 21.5 Å². The number of carbonyl (C=O) groups is 1. The van der Waals surface area contributed by atoms with E-state index in [1.807, 2.05) is 42.6 Å². The number of halogens is 1. The van der Waals surface area contributed by atoms with Gasteiger partial charge in [0.1, 0.15) is 0 Å². The first-order valence-corrected chi connectivity index (χ1v) is 9.43. The molecule has 0 aliphatic rings. The molecule has 6 heteroatoms. The van der Waals surface area contributed by atoms with Crippen molar-refractivity contribution in [3.8, 4) is 0 Å². The van der Waals surface area contributed by atoms with E-state index >= 15 is 0 Å². The molecule has 0 aliphatic heterocycles. The van der Waals surface area contributed by atoms with Gasteiger partial charge in [-0.2, -0.15) is 5.10 Å². The minimum atomic E-state index is -0.952. The molecule has 144 valence electrons. The normalized spacial score (nSPS) is 11.2. The molecule has 1 heterocycles. The van der Waals surface area contributed by atoms with Crippen molar-refractivity contribution in [1.82, 2.24) is 4.57 Å². The average molecular weight is 404 g/mol. The number of benzene rings is 3. The fraction of sp³-hybridized carbons (Fsp3) is 0.0435. The molecule has 4 aromatic rings. The maximum atomic E-state index is 10.9. The van der Waals surface area contributed by atoms with Crippen LogP contribution in [-0.4, -0.2) is 21.9 Å². The third-order valence-corrected chi connectivity index (χ3v) is 5.02. The number of aromatic nitrogens is 1. The molecule has 0 aliphatic carbocycles. The van der Waals surface area contributed by atoms with Gasteiger partial charge in [-0.15, -0.1) is 0 Å². The quantitative estimate of drug-likeness (QED) is 0.330. The van der Waals surface area contributed by atoms with E-state index < -0.39 is 5.97 Å². The molecule has 3 aromatic carbocycles. The van der Waals surface area contributed by atoms with Crippen molar-refractivity contribution in [3.05, 3.63) is 101 Å². The summed E-state index contributed by atoms with van der Waals surface area (Å²) in [6.07, 6.45) is 3.81. The highest BCUT2D eigenvalue weighted by Crippen LogP contribution is 2.23. The topological polar surface area (TPSA) is 66.6 Å². The summed E-state index contributed by atoms with van der Waals surface area (Å²) < 4.78 is 2.15. The molecule has 0 spiro atoms. The van der Waals surface area contributed by atoms with Crippen LogP contribution in [0.5, 0.6) is 0 Å². The zero-order valence-electron chi connectivity index (χ0n) is 15.4. The lowest BCUT2D eigenvalue weighted by Crippen LogP contribution is -1.98. The van der Waals surface area contributed by atoms with Gasteiger partial charge in [0.25, 0.3) is 0 Å². The second-order valence-electron chi connectivity index (χ2n) is 6.57. The van der Waals surface area contributed by atoms with Gasteiger partial charge in [-0.3, -0.25) is 5.43 Å². The number of hydrogen-bond donors (Lipinski definition) is 2. The Morgan fingerprint density at radius 2 is 1.76 bits per heavy atom. The predicted molar refractivity (Wildman–Crippen MR) is 117 cm³/mol. The number of rotatable bonds is 6.